The molecule has 0 fully saturated rings. The van der Waals surface area contributed by atoms with Gasteiger partial charge in [-0.1, -0.05) is 0 Å². The van der Waals surface area contributed by atoms with E-state index in [0.29, 0.717) is 21.8 Å². The van der Waals surface area contributed by atoms with E-state index in [4.69, 9.17) is 5.26 Å². The summed E-state index contributed by atoms with van der Waals surface area (Å²) in [6.45, 7) is 0. The van der Waals surface area contributed by atoms with Gasteiger partial charge in [0.05, 0.1) is 16.0 Å². The zero-order valence-electron chi connectivity index (χ0n) is 13.3. The lowest BCUT2D eigenvalue weighted by Crippen LogP contribution is -2.32. The van der Waals surface area contributed by atoms with E-state index in [1.807, 2.05) is 0 Å². The lowest BCUT2D eigenvalue weighted by molar-refractivity contribution is -0.121. The Bertz CT molecular complexity index is 1020. The molecule has 4 nitrogen and oxygen atoms in total. The average molecular weight is 375 g/mol. The number of alkyl halides is 2. The molecular formula is C18H12F3N3OS. The van der Waals surface area contributed by atoms with Crippen molar-refractivity contribution in [1.82, 2.24) is 9.55 Å². The molecular weight excluding hydrogens is 363 g/mol. The monoisotopic (exact) mass is 375 g/mol. The topological polar surface area (TPSA) is 61.8 Å². The van der Waals surface area contributed by atoms with Crippen molar-refractivity contribution in [3.63, 3.8) is 0 Å². The second kappa shape index (κ2) is 5.97. The Morgan fingerprint density at radius 2 is 2.19 bits per heavy atom. The van der Waals surface area contributed by atoms with Crippen molar-refractivity contribution in [2.75, 3.05) is 0 Å². The van der Waals surface area contributed by atoms with Crippen molar-refractivity contribution >= 4 is 11.3 Å². The molecule has 0 radical (unpaired) electrons. The van der Waals surface area contributed by atoms with Crippen molar-refractivity contribution < 1.29 is 18.3 Å². The highest BCUT2D eigenvalue weighted by atomic mass is 32.1. The molecule has 1 aromatic carbocycles. The Morgan fingerprint density at radius 1 is 1.38 bits per heavy atom. The van der Waals surface area contributed by atoms with E-state index in [1.165, 1.54) is 29.5 Å². The summed E-state index contributed by atoms with van der Waals surface area (Å²) in [5.41, 5.74) is 3.09. The number of aromatic nitrogens is 2. The van der Waals surface area contributed by atoms with E-state index in [0.717, 1.165) is 0 Å². The van der Waals surface area contributed by atoms with E-state index in [2.05, 4.69) is 4.98 Å². The fourth-order valence-electron chi connectivity index (χ4n) is 3.28. The molecule has 0 bridgehead atoms. The number of rotatable bonds is 2. The smallest absolute Gasteiger partial charge is 0.278 e. The lowest BCUT2D eigenvalue weighted by atomic mass is 9.89. The molecule has 4 rings (SSSR count). The maximum Gasteiger partial charge on any atom is 0.278 e. The molecule has 2 aromatic heterocycles. The van der Waals surface area contributed by atoms with Crippen LogP contribution in [0.4, 0.5) is 13.2 Å². The first-order valence-electron chi connectivity index (χ1n) is 7.81. The van der Waals surface area contributed by atoms with Gasteiger partial charge in [0.1, 0.15) is 18.0 Å². The quantitative estimate of drug-likeness (QED) is 0.729. The zero-order valence-corrected chi connectivity index (χ0v) is 14.1. The summed E-state index contributed by atoms with van der Waals surface area (Å²) in [5, 5.41) is 19.3. The number of benzene rings is 1. The predicted molar refractivity (Wildman–Crippen MR) is 89.8 cm³/mol. The Kier molecular flexibility index (Phi) is 3.86. The minimum absolute atomic E-state index is 0.0530. The minimum Gasteiger partial charge on any atom is -0.382 e. The normalized spacial score (nSPS) is 18.3. The van der Waals surface area contributed by atoms with Crippen molar-refractivity contribution in [1.29, 1.82) is 5.26 Å². The van der Waals surface area contributed by atoms with Gasteiger partial charge in [0.2, 0.25) is 0 Å². The van der Waals surface area contributed by atoms with E-state index in [-0.39, 0.29) is 17.5 Å². The van der Waals surface area contributed by atoms with Crippen LogP contribution in [-0.4, -0.2) is 20.6 Å². The number of hydrogen-bond donors (Lipinski definition) is 1. The summed E-state index contributed by atoms with van der Waals surface area (Å²) < 4.78 is 43.5. The van der Waals surface area contributed by atoms with Crippen molar-refractivity contribution in [3.8, 4) is 22.2 Å². The van der Waals surface area contributed by atoms with Gasteiger partial charge in [-0.3, -0.25) is 4.98 Å². The lowest BCUT2D eigenvalue weighted by Gasteiger charge is -2.29. The summed E-state index contributed by atoms with van der Waals surface area (Å²) in [4.78, 5) is 4.63. The molecule has 0 aliphatic heterocycles. The second-order valence-electron chi connectivity index (χ2n) is 6.08. The number of halogens is 3. The zero-order chi connectivity index (χ0) is 18.5. The molecule has 26 heavy (non-hydrogen) atoms. The van der Waals surface area contributed by atoms with Crippen LogP contribution in [0, 0.1) is 17.1 Å². The van der Waals surface area contributed by atoms with Crippen LogP contribution in [0.25, 0.3) is 16.1 Å². The van der Waals surface area contributed by atoms with Crippen LogP contribution >= 0.6 is 11.3 Å². The highest BCUT2D eigenvalue weighted by molar-refractivity contribution is 7.13. The highest BCUT2D eigenvalue weighted by Crippen LogP contribution is 2.47. The molecule has 1 unspecified atom stereocenters. The molecule has 0 amide bonds. The Balaban J connectivity index is 1.96. The van der Waals surface area contributed by atoms with Crippen molar-refractivity contribution in [2.45, 2.75) is 24.9 Å². The Hall–Kier alpha value is -2.63. The number of aliphatic hydroxyl groups excluding tert-OH is 1. The van der Waals surface area contributed by atoms with Gasteiger partial charge in [-0.05, 0) is 24.6 Å². The number of hydrogen-bond acceptors (Lipinski definition) is 4. The van der Waals surface area contributed by atoms with Crippen LogP contribution < -0.4 is 0 Å². The molecule has 132 valence electrons. The van der Waals surface area contributed by atoms with Gasteiger partial charge in [0.25, 0.3) is 5.92 Å². The number of fused-ring (bicyclic) bond motifs is 1. The molecule has 1 aliphatic rings. The Labute approximate surface area is 150 Å². The third kappa shape index (κ3) is 2.52. The average Bonchev–Trinajstić information content (AvgIpc) is 3.26. The minimum atomic E-state index is -3.22. The SMILES string of the molecule is N#Cc1cc(-n2cc(-c3cncs3)c3c2CCC(F)(F)C3O)ccc1F. The molecule has 2 heterocycles. The Morgan fingerprint density at radius 3 is 2.88 bits per heavy atom. The second-order valence-corrected chi connectivity index (χ2v) is 6.96. The summed E-state index contributed by atoms with van der Waals surface area (Å²) in [7, 11) is 0. The van der Waals surface area contributed by atoms with Crippen LogP contribution in [0.5, 0.6) is 0 Å². The van der Waals surface area contributed by atoms with Gasteiger partial charge in [0.15, 0.2) is 0 Å². The molecule has 0 spiro atoms. The standard InChI is InChI=1S/C18H12F3N3OS/c19-13-2-1-11(5-10(13)6-22)24-8-12(15-7-23-9-26-15)16-14(24)3-4-18(20,21)17(16)25/h1-2,5,7-9,17,25H,3-4H2. The van der Waals surface area contributed by atoms with E-state index >= 15 is 0 Å². The molecule has 1 N–H and O–H groups in total. The highest BCUT2D eigenvalue weighted by Gasteiger charge is 2.46. The number of nitrogens with zero attached hydrogens (tertiary/aromatic N) is 3. The summed E-state index contributed by atoms with van der Waals surface area (Å²) in [5.74, 6) is -3.87. The van der Waals surface area contributed by atoms with Crippen LogP contribution in [0.3, 0.4) is 0 Å². The van der Waals surface area contributed by atoms with Gasteiger partial charge in [-0.15, -0.1) is 11.3 Å². The molecule has 1 atom stereocenters. The van der Waals surface area contributed by atoms with Gasteiger partial charge < -0.3 is 9.67 Å². The first-order chi connectivity index (χ1) is 12.4. The van der Waals surface area contributed by atoms with Crippen LogP contribution in [0.2, 0.25) is 0 Å². The van der Waals surface area contributed by atoms with Crippen LogP contribution in [0.15, 0.2) is 36.1 Å². The molecule has 1 aliphatic carbocycles. The third-order valence-corrected chi connectivity index (χ3v) is 5.37. The fraction of sp³-hybridized carbons (Fsp3) is 0.222. The number of nitriles is 1. The van der Waals surface area contributed by atoms with Crippen LogP contribution in [0.1, 0.15) is 29.3 Å². The van der Waals surface area contributed by atoms with E-state index in [1.54, 1.807) is 28.5 Å². The van der Waals surface area contributed by atoms with Crippen molar-refractivity contribution in [2.24, 2.45) is 0 Å². The number of thiazole rings is 1. The molecule has 0 saturated carbocycles. The molecule has 3 aromatic rings. The predicted octanol–water partition coefficient (Wildman–Crippen LogP) is 4.23. The summed E-state index contributed by atoms with van der Waals surface area (Å²) in [6.07, 6.45) is 0.824. The first-order valence-corrected chi connectivity index (χ1v) is 8.69. The van der Waals surface area contributed by atoms with Gasteiger partial charge >= 0.3 is 0 Å². The van der Waals surface area contributed by atoms with Crippen molar-refractivity contribution in [3.05, 3.63) is 58.7 Å². The molecule has 0 saturated heterocycles. The van der Waals surface area contributed by atoms with Crippen LogP contribution in [-0.2, 0) is 6.42 Å². The maximum atomic E-state index is 14.1. The van der Waals surface area contributed by atoms with E-state index < -0.39 is 24.3 Å². The fourth-order valence-corrected chi connectivity index (χ4v) is 3.93. The van der Waals surface area contributed by atoms with Gasteiger partial charge in [-0.25, -0.2) is 13.2 Å². The largest absolute Gasteiger partial charge is 0.382 e. The third-order valence-electron chi connectivity index (χ3n) is 4.57. The molecule has 8 heteroatoms. The maximum absolute atomic E-state index is 14.1. The summed E-state index contributed by atoms with van der Waals surface area (Å²) >= 11 is 1.28. The summed E-state index contributed by atoms with van der Waals surface area (Å²) in [6, 6.07) is 5.79. The first kappa shape index (κ1) is 16.8. The van der Waals surface area contributed by atoms with Gasteiger partial charge in [-0.2, -0.15) is 5.26 Å². The van der Waals surface area contributed by atoms with Gasteiger partial charge in [0, 0.05) is 41.3 Å². The number of aliphatic hydroxyl groups is 1. The van der Waals surface area contributed by atoms with E-state index in [9.17, 15) is 18.3 Å².